The molecule has 31 heteroatoms. The van der Waals surface area contributed by atoms with Gasteiger partial charge in [-0.05, 0) is 183 Å². The first-order valence-electron chi connectivity index (χ1n) is 34.2. The number of nitrogen functional groups attached to an aromatic ring is 1. The molecule has 12 rings (SSSR count). The number of rotatable bonds is 19. The molecule has 0 radical (unpaired) electrons. The number of ketones is 2. The van der Waals surface area contributed by atoms with Gasteiger partial charge < -0.3 is 41.3 Å². The molecule has 0 saturated carbocycles. The Morgan fingerprint density at radius 1 is 0.579 bits per heavy atom. The van der Waals surface area contributed by atoms with Gasteiger partial charge in [0.1, 0.15) is 17.2 Å². The van der Waals surface area contributed by atoms with Gasteiger partial charge in [-0.2, -0.15) is 10.1 Å². The number of Topliss-reactive ketones (excluding diaryl/α,β-unsaturated/α-hetero) is 2. The fraction of sp³-hybridized carbons (Fsp3) is 0.145. The Kier molecular flexibility index (Phi) is 57.3. The topological polar surface area (TPSA) is 337 Å². The van der Waals surface area contributed by atoms with Gasteiger partial charge >= 0.3 is 103 Å². The fourth-order valence-corrected chi connectivity index (χ4v) is 10.2. The zero-order valence-corrected chi connectivity index (χ0v) is 75.0. The minimum absolute atomic E-state index is 0. The summed E-state index contributed by atoms with van der Waals surface area (Å²) < 4.78 is 19.8. The summed E-state index contributed by atoms with van der Waals surface area (Å²) in [5.74, 6) is 8.51. The molecule has 114 heavy (non-hydrogen) atoms. The molecular formula is C83H89ClK2N12O12S4. The number of aliphatic hydroxyl groups is 2. The summed E-state index contributed by atoms with van der Waals surface area (Å²) in [5, 5.41) is 47.1. The smallest absolute Gasteiger partial charge is 1.00 e. The number of anilines is 1. The molecule has 10 aromatic carbocycles. The summed E-state index contributed by atoms with van der Waals surface area (Å²) >= 11 is 21.5. The van der Waals surface area contributed by atoms with Crippen LogP contribution in [-0.4, -0.2) is 119 Å². The van der Waals surface area contributed by atoms with Crippen molar-refractivity contribution in [3.05, 3.63) is 312 Å². The third-order valence-electron chi connectivity index (χ3n) is 13.8. The van der Waals surface area contributed by atoms with Crippen LogP contribution in [0.1, 0.15) is 83.0 Å². The normalized spacial score (nSPS) is 9.20. The standard InChI is InChI=1S/C23H19N3O2S.C15H15N3O2S.C15H13N3OS.C8H7ClO.C8H10N2O2.C7H5NS.C2H6O.2C2H6.CH2O3.2K.H/c1-28-20-14-12-18(13-15-20)22-24-25-23(26(22)19-10-6-3-7-11-19)29-16-21(27)17-8-4-2-5-9-17;19-10-11-6-8-12(9-7-11)14(20)17-18-15(21)16-13-4-2-1-3-5-13;1-19-13-9-7-11(8-10-13)14-16-17-15(20)18(14)12-5-3-2-4-6-12;9-6-8(10)7-4-2-1-3-5-7;1-12-7-4-2-6(3-5-7)8(11)10-9;9-6-8-7-4-2-1-3-5-7;1-2-3;2*1-2;2-1-4-3;;;/h2-15H,16H2,1H3;1-9,19H,10H2,(H,17,20)(H2,16,18,21);2-10H,1H3,(H,17,20);1-5H,6H2;2-5H,9H2,1H3,(H,10,11);1-5H;3H,2H2,1H3;2*1-2H3;1,3H;;;/q;;;;;;;;;;2*+1;-1/p-1. The van der Waals surface area contributed by atoms with Crippen molar-refractivity contribution in [2.24, 2.45) is 10.8 Å². The third kappa shape index (κ3) is 38.5. The van der Waals surface area contributed by atoms with Crippen LogP contribution in [0.5, 0.6) is 17.2 Å². The number of para-hydroxylation sites is 4. The first kappa shape index (κ1) is 103. The number of hydrogen-bond acceptors (Lipinski definition) is 21. The molecule has 0 spiro atoms. The fourth-order valence-electron chi connectivity index (χ4n) is 8.70. The van der Waals surface area contributed by atoms with Crippen molar-refractivity contribution in [2.45, 2.75) is 46.4 Å². The molecule has 2 aromatic heterocycles. The number of aromatic amines is 1. The van der Waals surface area contributed by atoms with Gasteiger partial charge in [0.15, 0.2) is 38.3 Å². The van der Waals surface area contributed by atoms with Crippen LogP contribution in [0.2, 0.25) is 0 Å². The van der Waals surface area contributed by atoms with E-state index in [0.717, 1.165) is 56.8 Å². The largest absolute Gasteiger partial charge is 1.00 e. The maximum absolute atomic E-state index is 12.5. The second kappa shape index (κ2) is 63.4. The van der Waals surface area contributed by atoms with E-state index in [9.17, 15) is 19.2 Å². The van der Waals surface area contributed by atoms with E-state index in [2.05, 4.69) is 63.8 Å². The molecule has 24 nitrogen and oxygen atoms in total. The number of carbonyl (C=O) groups is 5. The van der Waals surface area contributed by atoms with Crippen LogP contribution < -0.4 is 150 Å². The van der Waals surface area contributed by atoms with E-state index in [0.29, 0.717) is 48.9 Å². The second-order valence-electron chi connectivity index (χ2n) is 21.0. The summed E-state index contributed by atoms with van der Waals surface area (Å²) in [5.41, 5.74) is 15.8. The second-order valence-corrected chi connectivity index (χ2v) is 23.1. The van der Waals surface area contributed by atoms with E-state index in [1.165, 1.54) is 11.8 Å². The third-order valence-corrected chi connectivity index (χ3v) is 15.6. The summed E-state index contributed by atoms with van der Waals surface area (Å²) in [6.45, 7) is 9.70. The number of amides is 2. The number of hydrazine groups is 2. The molecule has 0 fully saturated rings. The number of ether oxygens (including phenoxy) is 3. The SMILES string of the molecule is CC.CC.CCO.COc1ccc(-c2n[nH]c(=S)n2-c2ccccc2)cc1.COc1ccc(-c2nnc(SCC(=O)c3ccccc3)n2-c2ccccc2)cc1.COc1ccc(C(=O)NN)cc1.O=C(CCl)c1ccccc1.O=C(NNC(=S)Nc1ccccc1)c1ccc(CO)cc1.O=CO[O-].S=C=Nc1ccccc1.[H-].[K+].[K+]. The molecule has 12 aromatic rings. The van der Waals surface area contributed by atoms with Gasteiger partial charge in [-0.25, -0.2) is 5.84 Å². The van der Waals surface area contributed by atoms with Crippen molar-refractivity contribution in [3.8, 4) is 51.4 Å². The van der Waals surface area contributed by atoms with Gasteiger partial charge in [0, 0.05) is 57.0 Å². The van der Waals surface area contributed by atoms with Crippen molar-refractivity contribution in [3.63, 3.8) is 0 Å². The Morgan fingerprint density at radius 2 is 0.974 bits per heavy atom. The van der Waals surface area contributed by atoms with Crippen molar-refractivity contribution >= 4 is 112 Å². The first-order valence-corrected chi connectivity index (χ1v) is 37.0. The number of alkyl halides is 1. The van der Waals surface area contributed by atoms with Gasteiger partial charge in [-0.1, -0.05) is 185 Å². The summed E-state index contributed by atoms with van der Waals surface area (Å²) in [4.78, 5) is 61.2. The Morgan fingerprint density at radius 3 is 1.39 bits per heavy atom. The number of aliphatic hydroxyl groups excluding tert-OH is 2. The molecule has 2 amide bonds. The van der Waals surface area contributed by atoms with Gasteiger partial charge in [0.05, 0.1) is 50.4 Å². The molecule has 0 atom stereocenters. The Balaban J connectivity index is 0.00000136. The maximum Gasteiger partial charge on any atom is 1.00 e. The number of nitrogens with two attached hydrogens (primary N) is 1. The molecule has 0 saturated heterocycles. The molecule has 9 N–H and O–H groups in total. The molecule has 0 aliphatic rings. The van der Waals surface area contributed by atoms with E-state index < -0.39 is 0 Å². The number of H-pyrrole nitrogens is 1. The average Bonchev–Trinajstić information content (AvgIpc) is 1.67. The summed E-state index contributed by atoms with van der Waals surface area (Å²) in [6, 6.07) is 85.8. The Labute approximate surface area is 775 Å². The quantitative estimate of drug-likeness (QED) is 0.00319. The molecule has 586 valence electrons. The van der Waals surface area contributed by atoms with Crippen LogP contribution in [0.15, 0.2) is 289 Å². The number of methoxy groups -OCH3 is 3. The molecule has 0 bridgehead atoms. The number of nitrogens with zero attached hydrogens (tertiary/aromatic N) is 6. The number of isothiocyanates is 1. The van der Waals surface area contributed by atoms with Crippen LogP contribution in [0.4, 0.5) is 11.4 Å². The first-order chi connectivity index (χ1) is 54.6. The molecule has 0 aliphatic heterocycles. The number of aliphatic imine (C=N–C) groups is 1. The van der Waals surface area contributed by atoms with E-state index in [-0.39, 0.29) is 159 Å². The van der Waals surface area contributed by atoms with Crippen LogP contribution in [0.3, 0.4) is 0 Å². The number of thiocarbonyl (C=S) groups is 2. The number of nitrogens with one attached hydrogen (secondary N) is 5. The van der Waals surface area contributed by atoms with Crippen LogP contribution >= 0.6 is 60.0 Å². The predicted octanol–water partition coefficient (Wildman–Crippen LogP) is 9.77. The molecule has 2 heterocycles. The number of benzene rings is 10. The molecule has 0 aliphatic carbocycles. The van der Waals surface area contributed by atoms with Crippen molar-refractivity contribution in [1.29, 1.82) is 0 Å². The van der Waals surface area contributed by atoms with Crippen LogP contribution in [0, 0.1) is 4.77 Å². The van der Waals surface area contributed by atoms with Gasteiger partial charge in [-0.15, -0.1) is 21.8 Å². The number of thioether (sulfide) groups is 1. The van der Waals surface area contributed by atoms with Gasteiger partial charge in [-0.3, -0.25) is 54.5 Å². The minimum Gasteiger partial charge on any atom is -1.00 e. The van der Waals surface area contributed by atoms with E-state index in [4.69, 9.17) is 76.4 Å². The number of carbonyl (C=O) groups excluding carboxylic acids is 5. The van der Waals surface area contributed by atoms with Crippen LogP contribution in [0.25, 0.3) is 34.2 Å². The average molecular weight is 1690 g/mol. The van der Waals surface area contributed by atoms with Crippen LogP contribution in [-0.2, 0) is 16.3 Å². The number of hydrogen-bond donors (Lipinski definition) is 8. The Bertz CT molecular complexity index is 4760. The minimum atomic E-state index is -0.309. The zero-order chi connectivity index (χ0) is 82.1. The van der Waals surface area contributed by atoms with Crippen molar-refractivity contribution in [2.75, 3.05) is 44.9 Å². The van der Waals surface area contributed by atoms with E-state index in [1.807, 2.05) is 261 Å². The number of aromatic nitrogens is 6. The van der Waals surface area contributed by atoms with Gasteiger partial charge in [0.25, 0.3) is 18.3 Å². The van der Waals surface area contributed by atoms with Gasteiger partial charge in [0.2, 0.25) is 0 Å². The monoisotopic (exact) mass is 1690 g/mol. The predicted molar refractivity (Wildman–Crippen MR) is 452 cm³/mol. The van der Waals surface area contributed by atoms with E-state index in [1.54, 1.807) is 88.9 Å². The molecular weight excluding hydrogens is 1600 g/mol. The zero-order valence-electron chi connectivity index (χ0n) is 65.7. The molecule has 0 unspecified atom stereocenters. The maximum atomic E-state index is 12.5. The summed E-state index contributed by atoms with van der Waals surface area (Å²) in [6.07, 6.45) is 0. The van der Waals surface area contributed by atoms with Crippen molar-refractivity contribution in [1.82, 2.24) is 45.8 Å². The Hall–Kier alpha value is -8.91. The van der Waals surface area contributed by atoms with E-state index >= 15 is 0 Å². The van der Waals surface area contributed by atoms with Crippen molar-refractivity contribution < 1.29 is 163 Å². The number of halogens is 1. The summed E-state index contributed by atoms with van der Waals surface area (Å²) in [7, 11) is 4.85.